The van der Waals surface area contributed by atoms with Crippen molar-refractivity contribution in [3.05, 3.63) is 22.6 Å². The largest absolute Gasteiger partial charge is 0.394 e. The molecule has 0 fully saturated rings. The number of nitrogens with zero attached hydrogens (tertiary/aromatic N) is 1. The van der Waals surface area contributed by atoms with Crippen molar-refractivity contribution in [1.82, 2.24) is 9.97 Å². The molecule has 1 unspecified atom stereocenters. The number of hydrogen-bond acceptors (Lipinski definition) is 5. The summed E-state index contributed by atoms with van der Waals surface area (Å²) in [5.41, 5.74) is -0.226. The van der Waals surface area contributed by atoms with Crippen molar-refractivity contribution in [1.29, 1.82) is 0 Å². The molecule has 3 N–H and O–H groups in total. The van der Waals surface area contributed by atoms with Crippen molar-refractivity contribution >= 4 is 11.8 Å². The minimum Gasteiger partial charge on any atom is -0.394 e. The fourth-order valence-electron chi connectivity index (χ4n) is 0.653. The molecular formula is C7H10N2O3S. The zero-order chi connectivity index (χ0) is 9.68. The second kappa shape index (κ2) is 5.00. The van der Waals surface area contributed by atoms with E-state index in [0.717, 1.165) is 0 Å². The molecule has 1 rings (SSSR count). The molecule has 0 saturated heterocycles. The first-order valence-electron chi connectivity index (χ1n) is 3.69. The lowest BCUT2D eigenvalue weighted by Gasteiger charge is -2.04. The molecule has 0 aliphatic rings. The number of aromatic nitrogens is 2. The van der Waals surface area contributed by atoms with E-state index in [9.17, 15) is 4.79 Å². The third-order valence-electron chi connectivity index (χ3n) is 1.27. The van der Waals surface area contributed by atoms with E-state index >= 15 is 0 Å². The second-order valence-corrected chi connectivity index (χ2v) is 3.40. The standard InChI is InChI=1S/C7H10N2O3S/c10-3-5(11)4-13-7-8-2-1-6(12)9-7/h1-2,5,10-11H,3-4H2,(H,8,9,12). The van der Waals surface area contributed by atoms with Gasteiger partial charge < -0.3 is 15.2 Å². The number of aliphatic hydroxyl groups excluding tert-OH is 2. The highest BCUT2D eigenvalue weighted by Gasteiger charge is 2.03. The Morgan fingerprint density at radius 2 is 2.46 bits per heavy atom. The van der Waals surface area contributed by atoms with E-state index in [1.165, 1.54) is 24.0 Å². The van der Waals surface area contributed by atoms with Crippen molar-refractivity contribution in [2.24, 2.45) is 0 Å². The van der Waals surface area contributed by atoms with Crippen LogP contribution in [-0.4, -0.2) is 38.6 Å². The van der Waals surface area contributed by atoms with Crippen LogP contribution in [0.1, 0.15) is 0 Å². The van der Waals surface area contributed by atoms with Crippen LogP contribution < -0.4 is 5.56 Å². The highest BCUT2D eigenvalue weighted by molar-refractivity contribution is 7.99. The Hall–Kier alpha value is -0.850. The van der Waals surface area contributed by atoms with Gasteiger partial charge in [-0.15, -0.1) is 0 Å². The normalized spacial score (nSPS) is 12.8. The molecule has 13 heavy (non-hydrogen) atoms. The Bertz CT molecular complexity index is 315. The number of aromatic amines is 1. The Balaban J connectivity index is 2.50. The van der Waals surface area contributed by atoms with Crippen molar-refractivity contribution in [3.8, 4) is 0 Å². The average Bonchev–Trinajstić information content (AvgIpc) is 2.14. The van der Waals surface area contributed by atoms with Crippen LogP contribution in [0.4, 0.5) is 0 Å². The van der Waals surface area contributed by atoms with Gasteiger partial charge in [0.1, 0.15) is 0 Å². The van der Waals surface area contributed by atoms with Crippen LogP contribution in [0.2, 0.25) is 0 Å². The second-order valence-electron chi connectivity index (χ2n) is 2.39. The van der Waals surface area contributed by atoms with Gasteiger partial charge in [0.25, 0.3) is 5.56 Å². The molecule has 0 saturated carbocycles. The molecule has 6 heteroatoms. The molecule has 0 aromatic carbocycles. The Labute approximate surface area is 78.8 Å². The molecule has 1 atom stereocenters. The summed E-state index contributed by atoms with van der Waals surface area (Å²) in [6.45, 7) is -0.288. The summed E-state index contributed by atoms with van der Waals surface area (Å²) in [5.74, 6) is 0.309. The molecule has 5 nitrogen and oxygen atoms in total. The zero-order valence-electron chi connectivity index (χ0n) is 6.80. The molecule has 1 heterocycles. The molecule has 1 aromatic rings. The summed E-state index contributed by atoms with van der Waals surface area (Å²) in [4.78, 5) is 17.1. The lowest BCUT2D eigenvalue weighted by Crippen LogP contribution is -2.15. The summed E-state index contributed by atoms with van der Waals surface area (Å²) in [6, 6.07) is 1.31. The molecule has 0 amide bonds. The first-order chi connectivity index (χ1) is 6.22. The number of H-pyrrole nitrogens is 1. The summed E-state index contributed by atoms with van der Waals surface area (Å²) < 4.78 is 0. The summed E-state index contributed by atoms with van der Waals surface area (Å²) in [5, 5.41) is 18.0. The van der Waals surface area contributed by atoms with E-state index in [-0.39, 0.29) is 12.2 Å². The van der Waals surface area contributed by atoms with Gasteiger partial charge in [0.05, 0.1) is 12.7 Å². The van der Waals surface area contributed by atoms with Crippen LogP contribution in [0.25, 0.3) is 0 Å². The molecule has 0 aliphatic carbocycles. The van der Waals surface area contributed by atoms with Crippen LogP contribution in [0, 0.1) is 0 Å². The maximum Gasteiger partial charge on any atom is 0.251 e. The van der Waals surface area contributed by atoms with Gasteiger partial charge in [0, 0.05) is 18.0 Å². The maximum absolute atomic E-state index is 10.8. The highest BCUT2D eigenvalue weighted by atomic mass is 32.2. The number of rotatable bonds is 4. The molecule has 0 bridgehead atoms. The SMILES string of the molecule is O=c1ccnc(SCC(O)CO)[nH]1. The quantitative estimate of drug-likeness (QED) is 0.440. The molecule has 0 radical (unpaired) electrons. The first kappa shape index (κ1) is 10.2. The monoisotopic (exact) mass is 202 g/mol. The molecule has 1 aromatic heterocycles. The van der Waals surface area contributed by atoms with Gasteiger partial charge in [0.15, 0.2) is 5.16 Å². The lowest BCUT2D eigenvalue weighted by molar-refractivity contribution is 0.113. The number of nitrogens with one attached hydrogen (secondary N) is 1. The van der Waals surface area contributed by atoms with Crippen molar-refractivity contribution in [2.45, 2.75) is 11.3 Å². The van der Waals surface area contributed by atoms with Gasteiger partial charge >= 0.3 is 0 Å². The van der Waals surface area contributed by atoms with E-state index < -0.39 is 6.10 Å². The van der Waals surface area contributed by atoms with Crippen LogP contribution in [0.3, 0.4) is 0 Å². The zero-order valence-corrected chi connectivity index (χ0v) is 7.62. The van der Waals surface area contributed by atoms with Gasteiger partial charge in [-0.05, 0) is 0 Å². The van der Waals surface area contributed by atoms with E-state index in [2.05, 4.69) is 9.97 Å². The summed E-state index contributed by atoms with van der Waals surface area (Å²) in [7, 11) is 0. The molecule has 0 spiro atoms. The minimum atomic E-state index is -0.782. The maximum atomic E-state index is 10.8. The third-order valence-corrected chi connectivity index (χ3v) is 2.30. The average molecular weight is 202 g/mol. The van der Waals surface area contributed by atoms with Crippen LogP contribution in [0.5, 0.6) is 0 Å². The van der Waals surface area contributed by atoms with Crippen LogP contribution in [-0.2, 0) is 0 Å². The molecular weight excluding hydrogens is 192 g/mol. The van der Waals surface area contributed by atoms with E-state index in [1.54, 1.807) is 0 Å². The van der Waals surface area contributed by atoms with Crippen molar-refractivity contribution in [2.75, 3.05) is 12.4 Å². The predicted octanol–water partition coefficient (Wildman–Crippen LogP) is -0.785. The number of hydrogen-bond donors (Lipinski definition) is 3. The summed E-state index contributed by atoms with van der Waals surface area (Å²) >= 11 is 1.19. The van der Waals surface area contributed by atoms with Gasteiger partial charge in [-0.3, -0.25) is 4.79 Å². The van der Waals surface area contributed by atoms with Crippen molar-refractivity contribution < 1.29 is 10.2 Å². The first-order valence-corrected chi connectivity index (χ1v) is 4.68. The van der Waals surface area contributed by atoms with Crippen LogP contribution >= 0.6 is 11.8 Å². The van der Waals surface area contributed by atoms with E-state index in [1.807, 2.05) is 0 Å². The van der Waals surface area contributed by atoms with Crippen molar-refractivity contribution in [3.63, 3.8) is 0 Å². The summed E-state index contributed by atoms with van der Waals surface area (Å²) in [6.07, 6.45) is 0.613. The lowest BCUT2D eigenvalue weighted by atomic mass is 10.4. The fraction of sp³-hybridized carbons (Fsp3) is 0.429. The van der Waals surface area contributed by atoms with Gasteiger partial charge in [0.2, 0.25) is 0 Å². The number of aliphatic hydroxyl groups is 2. The smallest absolute Gasteiger partial charge is 0.251 e. The molecule has 0 aliphatic heterocycles. The highest BCUT2D eigenvalue weighted by Crippen LogP contribution is 2.10. The fourth-order valence-corrected chi connectivity index (χ4v) is 1.42. The topological polar surface area (TPSA) is 86.2 Å². The predicted molar refractivity (Wildman–Crippen MR) is 48.7 cm³/mol. The van der Waals surface area contributed by atoms with Gasteiger partial charge in [-0.1, -0.05) is 11.8 Å². The van der Waals surface area contributed by atoms with E-state index in [0.29, 0.717) is 10.9 Å². The number of thioether (sulfide) groups is 1. The Morgan fingerprint density at radius 1 is 1.69 bits per heavy atom. The van der Waals surface area contributed by atoms with Crippen LogP contribution in [0.15, 0.2) is 22.2 Å². The molecule has 72 valence electrons. The van der Waals surface area contributed by atoms with E-state index in [4.69, 9.17) is 10.2 Å². The Kier molecular flexibility index (Phi) is 3.94. The minimum absolute atomic E-state index is 0.226. The Morgan fingerprint density at radius 3 is 3.08 bits per heavy atom. The van der Waals surface area contributed by atoms with Gasteiger partial charge in [-0.25, -0.2) is 4.98 Å². The van der Waals surface area contributed by atoms with Gasteiger partial charge in [-0.2, -0.15) is 0 Å². The third kappa shape index (κ3) is 3.58.